The van der Waals surface area contributed by atoms with Crippen molar-refractivity contribution >= 4 is 28.3 Å². The topological polar surface area (TPSA) is 83.1 Å². The monoisotopic (exact) mass is 302 g/mol. The highest BCUT2D eigenvalue weighted by atomic mass is 32.1. The Labute approximate surface area is 125 Å². The van der Waals surface area contributed by atoms with Crippen LogP contribution in [0.5, 0.6) is 0 Å². The van der Waals surface area contributed by atoms with E-state index in [4.69, 9.17) is 0 Å². The van der Waals surface area contributed by atoms with E-state index in [1.807, 2.05) is 6.07 Å². The molecular weight excluding hydrogens is 288 g/mol. The lowest BCUT2D eigenvalue weighted by Crippen LogP contribution is -2.32. The Morgan fingerprint density at radius 3 is 2.81 bits per heavy atom. The van der Waals surface area contributed by atoms with Gasteiger partial charge in [-0.3, -0.25) is 9.59 Å². The van der Waals surface area contributed by atoms with Crippen molar-refractivity contribution in [2.75, 3.05) is 11.9 Å². The second-order valence-corrected chi connectivity index (χ2v) is 5.67. The molecule has 0 atom stereocenters. The lowest BCUT2D eigenvalue weighted by molar-refractivity contribution is -0.115. The summed E-state index contributed by atoms with van der Waals surface area (Å²) >= 11 is 1.46. The van der Waals surface area contributed by atoms with E-state index in [0.29, 0.717) is 10.7 Å². The van der Waals surface area contributed by atoms with Crippen molar-refractivity contribution in [1.82, 2.24) is 15.6 Å². The highest BCUT2D eigenvalue weighted by Gasteiger charge is 2.17. The maximum absolute atomic E-state index is 11.8. The summed E-state index contributed by atoms with van der Waals surface area (Å²) < 4.78 is 0. The average molecular weight is 302 g/mol. The predicted molar refractivity (Wildman–Crippen MR) is 80.1 cm³/mol. The maximum atomic E-state index is 11.8. The molecule has 6 nitrogen and oxygen atoms in total. The lowest BCUT2D eigenvalue weighted by atomic mass is 10.2. The van der Waals surface area contributed by atoms with Crippen LogP contribution in [0, 0.1) is 0 Å². The van der Waals surface area contributed by atoms with Gasteiger partial charge in [-0.15, -0.1) is 11.3 Å². The van der Waals surface area contributed by atoms with E-state index in [-0.39, 0.29) is 18.4 Å². The number of benzene rings is 1. The zero-order valence-corrected chi connectivity index (χ0v) is 12.0. The van der Waals surface area contributed by atoms with Crippen molar-refractivity contribution in [3.63, 3.8) is 0 Å². The van der Waals surface area contributed by atoms with Gasteiger partial charge < -0.3 is 16.0 Å². The number of anilines is 1. The molecule has 108 valence electrons. The first-order valence-electron chi connectivity index (χ1n) is 6.55. The Bertz CT molecular complexity index is 647. The quantitative estimate of drug-likeness (QED) is 0.790. The zero-order chi connectivity index (χ0) is 14.7. The second-order valence-electron chi connectivity index (χ2n) is 4.59. The Hall–Kier alpha value is -2.25. The van der Waals surface area contributed by atoms with E-state index >= 15 is 0 Å². The highest BCUT2D eigenvalue weighted by Crippen LogP contribution is 2.26. The Morgan fingerprint density at radius 1 is 1.24 bits per heavy atom. The molecule has 3 N–H and O–H groups in total. The van der Waals surface area contributed by atoms with E-state index in [0.717, 1.165) is 23.7 Å². The number of aromatic nitrogens is 1. The Balaban J connectivity index is 1.51. The van der Waals surface area contributed by atoms with E-state index < -0.39 is 0 Å². The number of nitrogens with zero attached hydrogens (tertiary/aromatic N) is 1. The summed E-state index contributed by atoms with van der Waals surface area (Å²) in [6, 6.07) is 8.79. The molecule has 2 aromatic rings. The SMILES string of the molecule is O=C(CNC(=O)c1ccccc1)Nc1nc2c(s1)CNC2. The number of nitrogens with one attached hydrogen (secondary N) is 3. The Kier molecular flexibility index (Phi) is 3.94. The molecule has 2 amide bonds. The van der Waals surface area contributed by atoms with Crippen LogP contribution in [-0.4, -0.2) is 23.3 Å². The first kappa shape index (κ1) is 13.7. The van der Waals surface area contributed by atoms with Crippen LogP contribution in [0.15, 0.2) is 30.3 Å². The smallest absolute Gasteiger partial charge is 0.251 e. The number of hydrogen-bond acceptors (Lipinski definition) is 5. The minimum absolute atomic E-state index is 0.0732. The number of fused-ring (bicyclic) bond motifs is 1. The predicted octanol–water partition coefficient (Wildman–Crippen LogP) is 1.11. The first-order chi connectivity index (χ1) is 10.2. The fraction of sp³-hybridized carbons (Fsp3) is 0.214. The van der Waals surface area contributed by atoms with Gasteiger partial charge in [0, 0.05) is 23.5 Å². The summed E-state index contributed by atoms with van der Waals surface area (Å²) in [7, 11) is 0. The highest BCUT2D eigenvalue weighted by molar-refractivity contribution is 7.15. The second kappa shape index (κ2) is 6.02. The Morgan fingerprint density at radius 2 is 2.05 bits per heavy atom. The fourth-order valence-electron chi connectivity index (χ4n) is 2.02. The largest absolute Gasteiger partial charge is 0.343 e. The van der Waals surface area contributed by atoms with E-state index in [2.05, 4.69) is 20.9 Å². The van der Waals surface area contributed by atoms with Crippen LogP contribution in [0.3, 0.4) is 0 Å². The standard InChI is InChI=1S/C14H14N4O2S/c19-12(8-16-13(20)9-4-2-1-3-5-9)18-14-17-10-6-15-7-11(10)21-14/h1-5,15H,6-8H2,(H,16,20)(H,17,18,19). The number of thiazole rings is 1. The van der Waals surface area contributed by atoms with E-state index in [1.165, 1.54) is 11.3 Å². The summed E-state index contributed by atoms with van der Waals surface area (Å²) in [5, 5.41) is 9.05. The number of rotatable bonds is 4. The van der Waals surface area contributed by atoms with Crippen LogP contribution >= 0.6 is 11.3 Å². The molecule has 1 aliphatic heterocycles. The fourth-order valence-corrected chi connectivity index (χ4v) is 2.99. The van der Waals surface area contributed by atoms with Crippen molar-refractivity contribution < 1.29 is 9.59 Å². The molecule has 0 saturated heterocycles. The molecule has 2 heterocycles. The van der Waals surface area contributed by atoms with Crippen molar-refractivity contribution in [3.05, 3.63) is 46.5 Å². The summed E-state index contributed by atoms with van der Waals surface area (Å²) in [5.41, 5.74) is 1.52. The van der Waals surface area contributed by atoms with Crippen molar-refractivity contribution in [2.45, 2.75) is 13.1 Å². The molecule has 0 radical (unpaired) electrons. The molecule has 0 fully saturated rings. The minimum Gasteiger partial charge on any atom is -0.343 e. The number of carbonyl (C=O) groups excluding carboxylic acids is 2. The van der Waals surface area contributed by atoms with Crippen molar-refractivity contribution in [3.8, 4) is 0 Å². The zero-order valence-electron chi connectivity index (χ0n) is 11.2. The van der Waals surface area contributed by atoms with Crippen LogP contribution < -0.4 is 16.0 Å². The summed E-state index contributed by atoms with van der Waals surface area (Å²) in [5.74, 6) is -0.545. The molecule has 0 bridgehead atoms. The van der Waals surface area contributed by atoms with Gasteiger partial charge in [-0.2, -0.15) is 0 Å². The third kappa shape index (κ3) is 3.26. The van der Waals surface area contributed by atoms with Gasteiger partial charge >= 0.3 is 0 Å². The maximum Gasteiger partial charge on any atom is 0.251 e. The molecule has 0 saturated carbocycles. The average Bonchev–Trinajstić information content (AvgIpc) is 3.07. The van der Waals surface area contributed by atoms with E-state index in [9.17, 15) is 9.59 Å². The molecule has 0 spiro atoms. The lowest BCUT2D eigenvalue weighted by Gasteiger charge is -2.05. The van der Waals surface area contributed by atoms with Crippen LogP contribution in [0.2, 0.25) is 0 Å². The molecule has 7 heteroatoms. The third-order valence-electron chi connectivity index (χ3n) is 3.05. The summed E-state index contributed by atoms with van der Waals surface area (Å²) in [6.45, 7) is 1.47. The van der Waals surface area contributed by atoms with Crippen LogP contribution in [0.25, 0.3) is 0 Å². The van der Waals surface area contributed by atoms with Gasteiger partial charge in [0.1, 0.15) is 0 Å². The molecule has 21 heavy (non-hydrogen) atoms. The van der Waals surface area contributed by atoms with Gasteiger partial charge in [-0.1, -0.05) is 18.2 Å². The van der Waals surface area contributed by atoms with Gasteiger partial charge in [0.15, 0.2) is 5.13 Å². The van der Waals surface area contributed by atoms with Gasteiger partial charge in [0.25, 0.3) is 5.91 Å². The van der Waals surface area contributed by atoms with Gasteiger partial charge in [-0.25, -0.2) is 4.98 Å². The van der Waals surface area contributed by atoms with Crippen LogP contribution in [0.1, 0.15) is 20.9 Å². The van der Waals surface area contributed by atoms with Crippen LogP contribution in [-0.2, 0) is 17.9 Å². The number of hydrogen-bond donors (Lipinski definition) is 3. The van der Waals surface area contributed by atoms with Crippen molar-refractivity contribution in [1.29, 1.82) is 0 Å². The minimum atomic E-state index is -0.278. The van der Waals surface area contributed by atoms with Gasteiger partial charge in [-0.05, 0) is 12.1 Å². The molecule has 1 aliphatic rings. The van der Waals surface area contributed by atoms with E-state index in [1.54, 1.807) is 24.3 Å². The van der Waals surface area contributed by atoms with Gasteiger partial charge in [0.05, 0.1) is 12.2 Å². The first-order valence-corrected chi connectivity index (χ1v) is 7.36. The molecule has 0 aliphatic carbocycles. The molecule has 3 rings (SSSR count). The number of amides is 2. The van der Waals surface area contributed by atoms with Crippen molar-refractivity contribution in [2.24, 2.45) is 0 Å². The summed E-state index contributed by atoms with van der Waals surface area (Å²) in [4.78, 5) is 29.1. The molecule has 0 unspecified atom stereocenters. The normalized spacial score (nSPS) is 12.8. The molecule has 1 aromatic carbocycles. The molecule has 1 aromatic heterocycles. The number of carbonyl (C=O) groups is 2. The van der Waals surface area contributed by atoms with Crippen LogP contribution in [0.4, 0.5) is 5.13 Å². The van der Waals surface area contributed by atoms with Gasteiger partial charge in [0.2, 0.25) is 5.91 Å². The molecular formula is C14H14N4O2S. The third-order valence-corrected chi connectivity index (χ3v) is 4.06. The summed E-state index contributed by atoms with van der Waals surface area (Å²) in [6.07, 6.45) is 0.